The first-order valence-electron chi connectivity index (χ1n) is 6.78. The Hall–Kier alpha value is -0.610. The van der Waals surface area contributed by atoms with Crippen molar-refractivity contribution in [2.24, 2.45) is 5.92 Å². The van der Waals surface area contributed by atoms with Crippen LogP contribution in [0, 0.1) is 5.92 Å². The first-order chi connectivity index (χ1) is 8.09. The molecule has 17 heavy (non-hydrogen) atoms. The number of rotatable bonds is 2. The lowest BCUT2D eigenvalue weighted by Crippen LogP contribution is -2.52. The molecule has 2 aliphatic rings. The summed E-state index contributed by atoms with van der Waals surface area (Å²) in [6.45, 7) is 5.00. The third-order valence-electron chi connectivity index (χ3n) is 4.24. The molecule has 0 aliphatic carbocycles. The first-order valence-corrected chi connectivity index (χ1v) is 6.78. The predicted molar refractivity (Wildman–Crippen MR) is 68.9 cm³/mol. The Morgan fingerprint density at radius 3 is 2.71 bits per heavy atom. The Kier molecular flexibility index (Phi) is 4.05. The number of carbonyl (C=O) groups is 1. The molecule has 4 heteroatoms. The van der Waals surface area contributed by atoms with E-state index >= 15 is 0 Å². The van der Waals surface area contributed by atoms with Gasteiger partial charge in [-0.3, -0.25) is 4.79 Å². The second kappa shape index (κ2) is 5.36. The highest BCUT2D eigenvalue weighted by Crippen LogP contribution is 2.20. The zero-order valence-electron chi connectivity index (χ0n) is 11.3. The highest BCUT2D eigenvalue weighted by molar-refractivity contribution is 5.82. The van der Waals surface area contributed by atoms with E-state index in [0.29, 0.717) is 17.9 Å². The van der Waals surface area contributed by atoms with Gasteiger partial charge in [0, 0.05) is 19.1 Å². The monoisotopic (exact) mass is 239 g/mol. The third-order valence-corrected chi connectivity index (χ3v) is 4.24. The molecule has 0 aromatic rings. The van der Waals surface area contributed by atoms with Gasteiger partial charge in [0.25, 0.3) is 0 Å². The van der Waals surface area contributed by atoms with Gasteiger partial charge in [0.2, 0.25) is 5.91 Å². The molecule has 98 valence electrons. The molecular weight excluding hydrogens is 214 g/mol. The maximum atomic E-state index is 12.4. The first kappa shape index (κ1) is 12.8. The average molecular weight is 239 g/mol. The number of likely N-dealkylation sites (tertiary alicyclic amines) is 1. The third kappa shape index (κ3) is 2.80. The molecule has 2 aliphatic heterocycles. The minimum atomic E-state index is 0.0599. The summed E-state index contributed by atoms with van der Waals surface area (Å²) in [5, 5.41) is 3.38. The quantitative estimate of drug-likeness (QED) is 0.764. The van der Waals surface area contributed by atoms with Gasteiger partial charge in [0.15, 0.2) is 0 Å². The van der Waals surface area contributed by atoms with Crippen molar-refractivity contribution >= 4 is 5.91 Å². The normalized spacial score (nSPS) is 34.4. The zero-order valence-corrected chi connectivity index (χ0v) is 11.3. The summed E-state index contributed by atoms with van der Waals surface area (Å²) in [4.78, 5) is 16.7. The molecule has 2 saturated heterocycles. The Bertz CT molecular complexity index is 280. The maximum Gasteiger partial charge on any atom is 0.240 e. The van der Waals surface area contributed by atoms with Gasteiger partial charge in [0.05, 0.1) is 6.04 Å². The molecule has 0 aromatic heterocycles. The van der Waals surface area contributed by atoms with Crippen molar-refractivity contribution in [2.45, 2.75) is 38.3 Å². The van der Waals surface area contributed by atoms with Gasteiger partial charge in [-0.05, 0) is 45.8 Å². The highest BCUT2D eigenvalue weighted by Gasteiger charge is 2.34. The fraction of sp³-hybridized carbons (Fsp3) is 0.923. The molecule has 3 unspecified atom stereocenters. The highest BCUT2D eigenvalue weighted by atomic mass is 16.2. The van der Waals surface area contributed by atoms with Gasteiger partial charge < -0.3 is 15.1 Å². The molecule has 2 fully saturated rings. The van der Waals surface area contributed by atoms with Crippen LogP contribution in [0.15, 0.2) is 0 Å². The molecular formula is C13H25N3O. The van der Waals surface area contributed by atoms with Gasteiger partial charge in [-0.2, -0.15) is 0 Å². The standard InChI is InChI=1S/C13H25N3O/c1-10-5-4-7-14-12(10)13(17)16-8-6-11(9-16)15(2)3/h10-12,14H,4-9H2,1-3H3. The molecule has 2 heterocycles. The lowest BCUT2D eigenvalue weighted by atomic mass is 9.92. The summed E-state index contributed by atoms with van der Waals surface area (Å²) in [5.74, 6) is 0.802. The van der Waals surface area contributed by atoms with Crippen LogP contribution in [-0.2, 0) is 4.79 Å². The minimum Gasteiger partial charge on any atom is -0.340 e. The molecule has 0 spiro atoms. The topological polar surface area (TPSA) is 35.6 Å². The van der Waals surface area contributed by atoms with E-state index in [4.69, 9.17) is 0 Å². The fourth-order valence-electron chi connectivity index (χ4n) is 2.94. The van der Waals surface area contributed by atoms with Crippen LogP contribution < -0.4 is 5.32 Å². The van der Waals surface area contributed by atoms with Gasteiger partial charge in [-0.15, -0.1) is 0 Å². The lowest BCUT2D eigenvalue weighted by molar-refractivity contribution is -0.134. The smallest absolute Gasteiger partial charge is 0.240 e. The Balaban J connectivity index is 1.92. The fourth-order valence-corrected chi connectivity index (χ4v) is 2.94. The van der Waals surface area contributed by atoms with Crippen molar-refractivity contribution in [1.82, 2.24) is 15.1 Å². The van der Waals surface area contributed by atoms with Crippen LogP contribution in [0.2, 0.25) is 0 Å². The molecule has 2 rings (SSSR count). The number of hydrogen-bond acceptors (Lipinski definition) is 3. The van der Waals surface area contributed by atoms with Gasteiger partial charge in [-0.25, -0.2) is 0 Å². The molecule has 0 bridgehead atoms. The summed E-state index contributed by atoms with van der Waals surface area (Å²) in [6, 6.07) is 0.600. The molecule has 1 N–H and O–H groups in total. The van der Waals surface area contributed by atoms with Gasteiger partial charge >= 0.3 is 0 Å². The number of carbonyl (C=O) groups excluding carboxylic acids is 1. The van der Waals surface area contributed by atoms with E-state index in [0.717, 1.165) is 26.1 Å². The number of piperidine rings is 1. The number of hydrogen-bond donors (Lipinski definition) is 1. The van der Waals surface area contributed by atoms with E-state index in [1.807, 2.05) is 4.90 Å². The Morgan fingerprint density at radius 1 is 1.35 bits per heavy atom. The SMILES string of the molecule is CC1CCCNC1C(=O)N1CCC(N(C)C)C1. The predicted octanol–water partition coefficient (Wildman–Crippen LogP) is 0.537. The Morgan fingerprint density at radius 2 is 2.12 bits per heavy atom. The molecule has 3 atom stereocenters. The van der Waals surface area contributed by atoms with Crippen molar-refractivity contribution in [3.8, 4) is 0 Å². The van der Waals surface area contributed by atoms with E-state index in [9.17, 15) is 4.79 Å². The largest absolute Gasteiger partial charge is 0.340 e. The van der Waals surface area contributed by atoms with Crippen LogP contribution in [0.1, 0.15) is 26.2 Å². The Labute approximate surface area is 104 Å². The van der Waals surface area contributed by atoms with Crippen LogP contribution in [-0.4, -0.2) is 61.5 Å². The minimum absolute atomic E-state index is 0.0599. The average Bonchev–Trinajstić information content (AvgIpc) is 2.78. The zero-order chi connectivity index (χ0) is 12.4. The summed E-state index contributed by atoms with van der Waals surface area (Å²) in [7, 11) is 4.19. The summed E-state index contributed by atoms with van der Waals surface area (Å²) >= 11 is 0. The molecule has 0 radical (unpaired) electrons. The van der Waals surface area contributed by atoms with E-state index < -0.39 is 0 Å². The summed E-state index contributed by atoms with van der Waals surface area (Å²) in [5.41, 5.74) is 0. The number of nitrogens with zero attached hydrogens (tertiary/aromatic N) is 2. The van der Waals surface area contributed by atoms with E-state index in [2.05, 4.69) is 31.2 Å². The van der Waals surface area contributed by atoms with Gasteiger partial charge in [0.1, 0.15) is 0 Å². The van der Waals surface area contributed by atoms with E-state index in [-0.39, 0.29) is 6.04 Å². The van der Waals surface area contributed by atoms with Crippen molar-refractivity contribution in [2.75, 3.05) is 33.7 Å². The molecule has 1 amide bonds. The number of nitrogens with one attached hydrogen (secondary N) is 1. The number of amides is 1. The molecule has 4 nitrogen and oxygen atoms in total. The van der Waals surface area contributed by atoms with Crippen LogP contribution in [0.25, 0.3) is 0 Å². The van der Waals surface area contributed by atoms with E-state index in [1.165, 1.54) is 12.8 Å². The van der Waals surface area contributed by atoms with Crippen molar-refractivity contribution < 1.29 is 4.79 Å². The summed E-state index contributed by atoms with van der Waals surface area (Å²) < 4.78 is 0. The maximum absolute atomic E-state index is 12.4. The van der Waals surface area contributed by atoms with Crippen molar-refractivity contribution in [3.63, 3.8) is 0 Å². The van der Waals surface area contributed by atoms with Crippen LogP contribution in [0.4, 0.5) is 0 Å². The molecule has 0 saturated carbocycles. The van der Waals surface area contributed by atoms with Gasteiger partial charge in [-0.1, -0.05) is 6.92 Å². The lowest BCUT2D eigenvalue weighted by Gasteiger charge is -2.32. The van der Waals surface area contributed by atoms with Crippen LogP contribution >= 0.6 is 0 Å². The van der Waals surface area contributed by atoms with Crippen molar-refractivity contribution in [1.29, 1.82) is 0 Å². The van der Waals surface area contributed by atoms with Crippen molar-refractivity contribution in [3.05, 3.63) is 0 Å². The second-order valence-corrected chi connectivity index (χ2v) is 5.74. The number of likely N-dealkylation sites (N-methyl/N-ethyl adjacent to an activating group) is 1. The van der Waals surface area contributed by atoms with Crippen LogP contribution in [0.5, 0.6) is 0 Å². The van der Waals surface area contributed by atoms with Crippen LogP contribution in [0.3, 0.4) is 0 Å². The molecule has 0 aromatic carbocycles. The summed E-state index contributed by atoms with van der Waals surface area (Å²) in [6.07, 6.45) is 3.49. The van der Waals surface area contributed by atoms with E-state index in [1.54, 1.807) is 0 Å². The second-order valence-electron chi connectivity index (χ2n) is 5.74.